The summed E-state index contributed by atoms with van der Waals surface area (Å²) >= 11 is 0. The molecule has 7 nitrogen and oxygen atoms in total. The number of carboxylic acid groups (broad SMARTS) is 1. The lowest BCUT2D eigenvalue weighted by Crippen LogP contribution is -2.47. The minimum atomic E-state index is -0.942. The van der Waals surface area contributed by atoms with Gasteiger partial charge >= 0.3 is 12.1 Å². The monoisotopic (exact) mass is 281 g/mol. The smallest absolute Gasteiger partial charge is 0.410 e. The molecule has 0 bridgehead atoms. The fourth-order valence-electron chi connectivity index (χ4n) is 2.21. The van der Waals surface area contributed by atoms with Crippen molar-refractivity contribution in [2.75, 3.05) is 0 Å². The number of aliphatic carboxylic acids is 1. The van der Waals surface area contributed by atoms with Crippen LogP contribution in [-0.4, -0.2) is 43.7 Å². The maximum absolute atomic E-state index is 12.2. The Balaban J connectivity index is 2.19. The molecule has 0 saturated carbocycles. The fraction of sp³-hybridized carbons (Fsp3) is 0.615. The van der Waals surface area contributed by atoms with E-state index in [-0.39, 0.29) is 6.42 Å². The molecule has 0 aromatic carbocycles. The summed E-state index contributed by atoms with van der Waals surface area (Å²) in [6.45, 7) is 5.64. The Morgan fingerprint density at radius 1 is 1.55 bits per heavy atom. The number of carbonyl (C=O) groups is 2. The van der Waals surface area contributed by atoms with Gasteiger partial charge in [0.15, 0.2) is 0 Å². The molecule has 1 amide bonds. The number of ether oxygens (including phenoxy) is 1. The third kappa shape index (κ3) is 3.28. The van der Waals surface area contributed by atoms with Gasteiger partial charge in [0, 0.05) is 6.42 Å². The largest absolute Gasteiger partial charge is 0.481 e. The van der Waals surface area contributed by atoms with Crippen LogP contribution in [0.5, 0.6) is 0 Å². The van der Waals surface area contributed by atoms with E-state index in [2.05, 4.69) is 9.97 Å². The van der Waals surface area contributed by atoms with Crippen LogP contribution in [0.4, 0.5) is 4.79 Å². The maximum atomic E-state index is 12.2. The van der Waals surface area contributed by atoms with E-state index in [0.717, 1.165) is 11.4 Å². The van der Waals surface area contributed by atoms with Crippen molar-refractivity contribution in [3.8, 4) is 0 Å². The van der Waals surface area contributed by atoms with Crippen LogP contribution in [0.2, 0.25) is 0 Å². The van der Waals surface area contributed by atoms with Crippen LogP contribution in [-0.2, 0) is 22.5 Å². The summed E-state index contributed by atoms with van der Waals surface area (Å²) in [5.41, 5.74) is 1.03. The van der Waals surface area contributed by atoms with Gasteiger partial charge < -0.3 is 14.8 Å². The number of carbonyl (C=O) groups excluding carboxylic acids is 1. The minimum absolute atomic E-state index is 0.120. The van der Waals surface area contributed by atoms with E-state index >= 15 is 0 Å². The van der Waals surface area contributed by atoms with Crippen molar-refractivity contribution in [3.05, 3.63) is 17.7 Å². The van der Waals surface area contributed by atoms with Crippen molar-refractivity contribution in [2.24, 2.45) is 0 Å². The third-order valence-electron chi connectivity index (χ3n) is 3.04. The van der Waals surface area contributed by atoms with E-state index in [1.165, 1.54) is 4.90 Å². The Morgan fingerprint density at radius 2 is 2.25 bits per heavy atom. The van der Waals surface area contributed by atoms with Gasteiger partial charge in [-0.15, -0.1) is 0 Å². The highest BCUT2D eigenvalue weighted by molar-refractivity contribution is 5.72. The van der Waals surface area contributed by atoms with Crippen LogP contribution >= 0.6 is 0 Å². The van der Waals surface area contributed by atoms with Crippen LogP contribution in [0.3, 0.4) is 0 Å². The van der Waals surface area contributed by atoms with Gasteiger partial charge in [0.05, 0.1) is 36.7 Å². The number of rotatable bonds is 2. The molecule has 0 fully saturated rings. The molecule has 1 atom stereocenters. The molecular formula is C13H19N3O4. The molecule has 1 aromatic heterocycles. The first kappa shape index (κ1) is 14.4. The van der Waals surface area contributed by atoms with Crippen molar-refractivity contribution in [2.45, 2.75) is 51.8 Å². The molecule has 2 heterocycles. The van der Waals surface area contributed by atoms with Gasteiger partial charge in [-0.2, -0.15) is 0 Å². The number of hydrogen-bond donors (Lipinski definition) is 2. The number of imidazole rings is 1. The second kappa shape index (κ2) is 5.15. The molecule has 0 spiro atoms. The Bertz CT molecular complexity index is 518. The summed E-state index contributed by atoms with van der Waals surface area (Å²) in [7, 11) is 0. The number of aromatic amines is 1. The first-order valence-corrected chi connectivity index (χ1v) is 6.49. The molecule has 7 heteroatoms. The lowest BCUT2D eigenvalue weighted by molar-refractivity contribution is -0.138. The molecule has 110 valence electrons. The number of nitrogens with zero attached hydrogens (tertiary/aromatic N) is 2. The summed E-state index contributed by atoms with van der Waals surface area (Å²) in [6, 6.07) is -0.432. The average molecular weight is 281 g/mol. The first-order valence-electron chi connectivity index (χ1n) is 6.49. The number of amides is 1. The molecule has 0 aliphatic carbocycles. The van der Waals surface area contributed by atoms with E-state index in [4.69, 9.17) is 9.84 Å². The highest BCUT2D eigenvalue weighted by atomic mass is 16.6. The number of nitrogens with one attached hydrogen (secondary N) is 1. The quantitative estimate of drug-likeness (QED) is 0.857. The van der Waals surface area contributed by atoms with E-state index in [1.54, 1.807) is 27.1 Å². The summed E-state index contributed by atoms with van der Waals surface area (Å²) in [5.74, 6) is -0.942. The van der Waals surface area contributed by atoms with Crippen LogP contribution in [0.25, 0.3) is 0 Å². The Morgan fingerprint density at radius 3 is 2.85 bits per heavy atom. The average Bonchev–Trinajstić information content (AvgIpc) is 2.71. The molecule has 0 radical (unpaired) electrons. The summed E-state index contributed by atoms with van der Waals surface area (Å²) in [4.78, 5) is 31.8. The second-order valence-electron chi connectivity index (χ2n) is 5.89. The van der Waals surface area contributed by atoms with Gasteiger partial charge in [0.25, 0.3) is 0 Å². The van der Waals surface area contributed by atoms with Gasteiger partial charge in [0.2, 0.25) is 0 Å². The normalized spacial score (nSPS) is 18.6. The molecule has 2 N–H and O–H groups in total. The van der Waals surface area contributed by atoms with E-state index < -0.39 is 23.7 Å². The number of hydrogen-bond acceptors (Lipinski definition) is 4. The van der Waals surface area contributed by atoms with Gasteiger partial charge in [-0.3, -0.25) is 9.69 Å². The summed E-state index contributed by atoms with van der Waals surface area (Å²) < 4.78 is 5.34. The fourth-order valence-corrected chi connectivity index (χ4v) is 2.21. The van der Waals surface area contributed by atoms with E-state index in [9.17, 15) is 9.59 Å². The Hall–Kier alpha value is -2.05. The van der Waals surface area contributed by atoms with Gasteiger partial charge in [-0.25, -0.2) is 9.78 Å². The predicted octanol–water partition coefficient (Wildman–Crippen LogP) is 1.55. The minimum Gasteiger partial charge on any atom is -0.481 e. The van der Waals surface area contributed by atoms with Crippen LogP contribution < -0.4 is 0 Å². The maximum Gasteiger partial charge on any atom is 0.410 e. The van der Waals surface area contributed by atoms with Crippen molar-refractivity contribution in [1.82, 2.24) is 14.9 Å². The Labute approximate surface area is 116 Å². The molecule has 1 aliphatic rings. The zero-order valence-corrected chi connectivity index (χ0v) is 11.8. The number of carboxylic acids is 1. The van der Waals surface area contributed by atoms with Gasteiger partial charge in [0.1, 0.15) is 5.60 Å². The first-order chi connectivity index (χ1) is 9.26. The molecule has 1 unspecified atom stereocenters. The van der Waals surface area contributed by atoms with Gasteiger partial charge in [-0.05, 0) is 20.8 Å². The summed E-state index contributed by atoms with van der Waals surface area (Å²) in [5, 5.41) is 8.99. The van der Waals surface area contributed by atoms with E-state index in [1.807, 2.05) is 0 Å². The van der Waals surface area contributed by atoms with E-state index in [0.29, 0.717) is 13.0 Å². The number of aromatic nitrogens is 2. The molecular weight excluding hydrogens is 262 g/mol. The molecule has 1 aliphatic heterocycles. The third-order valence-corrected chi connectivity index (χ3v) is 3.04. The van der Waals surface area contributed by atoms with Gasteiger partial charge in [-0.1, -0.05) is 0 Å². The highest BCUT2D eigenvalue weighted by Crippen LogP contribution is 2.24. The Kier molecular flexibility index (Phi) is 3.69. The molecule has 1 aromatic rings. The van der Waals surface area contributed by atoms with Crippen molar-refractivity contribution in [1.29, 1.82) is 0 Å². The SMILES string of the molecule is CC(C)(C)OC(=O)N1Cc2[nH]cnc2CC1CC(=O)O. The van der Waals surface area contributed by atoms with Crippen molar-refractivity contribution in [3.63, 3.8) is 0 Å². The topological polar surface area (TPSA) is 95.5 Å². The van der Waals surface area contributed by atoms with Crippen molar-refractivity contribution < 1.29 is 19.4 Å². The molecule has 20 heavy (non-hydrogen) atoms. The molecule has 0 saturated heterocycles. The standard InChI is InChI=1S/C13H19N3O4/c1-13(2,3)20-12(19)16-6-10-9(14-7-15-10)4-8(16)5-11(17)18/h7-8H,4-6H2,1-3H3,(H,14,15)(H,17,18). The second-order valence-corrected chi connectivity index (χ2v) is 5.89. The molecule has 2 rings (SSSR count). The lowest BCUT2D eigenvalue weighted by atomic mass is 10.0. The van der Waals surface area contributed by atoms with Crippen LogP contribution in [0, 0.1) is 0 Å². The van der Waals surface area contributed by atoms with Crippen LogP contribution in [0.1, 0.15) is 38.6 Å². The van der Waals surface area contributed by atoms with Crippen LogP contribution in [0.15, 0.2) is 6.33 Å². The van der Waals surface area contributed by atoms with Crippen molar-refractivity contribution >= 4 is 12.1 Å². The lowest BCUT2D eigenvalue weighted by Gasteiger charge is -2.35. The zero-order chi connectivity index (χ0) is 14.9. The summed E-state index contributed by atoms with van der Waals surface area (Å²) in [6.07, 6.45) is 1.36. The predicted molar refractivity (Wildman–Crippen MR) is 70.1 cm³/mol. The number of fused-ring (bicyclic) bond motifs is 1. The zero-order valence-electron chi connectivity index (χ0n) is 11.8. The highest BCUT2D eigenvalue weighted by Gasteiger charge is 2.35. The number of H-pyrrole nitrogens is 1.